The van der Waals surface area contributed by atoms with Gasteiger partial charge in [0.1, 0.15) is 0 Å². The van der Waals surface area contributed by atoms with Gasteiger partial charge in [-0.3, -0.25) is 9.69 Å². The van der Waals surface area contributed by atoms with E-state index in [1.165, 1.54) is 32.1 Å². The Morgan fingerprint density at radius 1 is 1.00 bits per heavy atom. The SMILES string of the molecule is COc1ccc(-c2cc(C3(C(=O)N4CCN(C5CCCCC5)CC4)CC3)no2)cc1OC. The molecule has 1 amide bonds. The molecule has 2 aliphatic carbocycles. The smallest absolute Gasteiger partial charge is 0.235 e. The topological polar surface area (TPSA) is 68.0 Å². The molecule has 32 heavy (non-hydrogen) atoms. The third-order valence-corrected chi connectivity index (χ3v) is 7.52. The van der Waals surface area contributed by atoms with E-state index in [-0.39, 0.29) is 5.91 Å². The molecule has 1 aromatic carbocycles. The molecule has 0 N–H and O–H groups in total. The van der Waals surface area contributed by atoms with Gasteiger partial charge < -0.3 is 18.9 Å². The number of aromatic nitrogens is 1. The lowest BCUT2D eigenvalue weighted by Crippen LogP contribution is -2.54. The summed E-state index contributed by atoms with van der Waals surface area (Å²) in [6, 6.07) is 8.27. The van der Waals surface area contributed by atoms with E-state index < -0.39 is 5.41 Å². The van der Waals surface area contributed by atoms with Gasteiger partial charge in [-0.05, 0) is 43.9 Å². The van der Waals surface area contributed by atoms with Crippen molar-refractivity contribution in [2.45, 2.75) is 56.4 Å². The predicted octanol–water partition coefficient (Wildman–Crippen LogP) is 3.87. The maximum Gasteiger partial charge on any atom is 0.235 e. The normalized spacial score (nSPS) is 21.4. The van der Waals surface area contributed by atoms with Gasteiger partial charge >= 0.3 is 0 Å². The maximum absolute atomic E-state index is 13.5. The first-order valence-electron chi connectivity index (χ1n) is 11.9. The van der Waals surface area contributed by atoms with E-state index >= 15 is 0 Å². The molecule has 1 aliphatic heterocycles. The Kier molecular flexibility index (Phi) is 5.84. The molecular weight excluding hydrogens is 406 g/mol. The number of rotatable bonds is 6. The number of nitrogens with zero attached hydrogens (tertiary/aromatic N) is 3. The van der Waals surface area contributed by atoms with Gasteiger partial charge in [0, 0.05) is 43.9 Å². The van der Waals surface area contributed by atoms with Crippen LogP contribution in [0.4, 0.5) is 0 Å². The first kappa shape index (κ1) is 21.3. The van der Waals surface area contributed by atoms with E-state index in [4.69, 9.17) is 14.0 Å². The predicted molar refractivity (Wildman–Crippen MR) is 121 cm³/mol. The van der Waals surface area contributed by atoms with Crippen molar-refractivity contribution in [3.63, 3.8) is 0 Å². The molecular formula is C25H33N3O4. The molecule has 0 radical (unpaired) electrons. The minimum absolute atomic E-state index is 0.216. The Balaban J connectivity index is 1.27. The lowest BCUT2D eigenvalue weighted by molar-refractivity contribution is -0.136. The van der Waals surface area contributed by atoms with Gasteiger partial charge in [-0.15, -0.1) is 0 Å². The highest BCUT2D eigenvalue weighted by Gasteiger charge is 2.55. The molecule has 3 aliphatic rings. The minimum atomic E-state index is -0.509. The molecule has 1 aromatic heterocycles. The zero-order chi connectivity index (χ0) is 22.1. The summed E-state index contributed by atoms with van der Waals surface area (Å²) in [5.41, 5.74) is 1.10. The lowest BCUT2D eigenvalue weighted by atomic mass is 9.93. The first-order chi connectivity index (χ1) is 15.6. The van der Waals surface area contributed by atoms with Gasteiger partial charge in [0.2, 0.25) is 5.91 Å². The van der Waals surface area contributed by atoms with Crippen LogP contribution in [0.25, 0.3) is 11.3 Å². The van der Waals surface area contributed by atoms with Crippen LogP contribution in [-0.2, 0) is 10.2 Å². The maximum atomic E-state index is 13.5. The molecule has 5 rings (SSSR count). The van der Waals surface area contributed by atoms with E-state index in [0.717, 1.165) is 56.3 Å². The molecule has 2 aromatic rings. The van der Waals surface area contributed by atoms with E-state index in [1.807, 2.05) is 24.3 Å². The summed E-state index contributed by atoms with van der Waals surface area (Å²) in [5.74, 6) is 2.16. The fourth-order valence-electron chi connectivity index (χ4n) is 5.37. The summed E-state index contributed by atoms with van der Waals surface area (Å²) >= 11 is 0. The highest BCUT2D eigenvalue weighted by atomic mass is 16.5. The third-order valence-electron chi connectivity index (χ3n) is 7.52. The van der Waals surface area contributed by atoms with E-state index in [0.29, 0.717) is 17.3 Å². The van der Waals surface area contributed by atoms with Crippen LogP contribution in [0.3, 0.4) is 0 Å². The van der Waals surface area contributed by atoms with Gasteiger partial charge in [0.25, 0.3) is 0 Å². The van der Waals surface area contributed by atoms with Crippen LogP contribution in [0.5, 0.6) is 11.5 Å². The van der Waals surface area contributed by atoms with Crippen molar-refractivity contribution < 1.29 is 18.8 Å². The monoisotopic (exact) mass is 439 g/mol. The summed E-state index contributed by atoms with van der Waals surface area (Å²) in [4.78, 5) is 18.1. The second-order valence-electron chi connectivity index (χ2n) is 9.35. The van der Waals surface area contributed by atoms with Crippen molar-refractivity contribution in [3.8, 4) is 22.8 Å². The van der Waals surface area contributed by atoms with Crippen LogP contribution >= 0.6 is 0 Å². The molecule has 7 nitrogen and oxygen atoms in total. The summed E-state index contributed by atoms with van der Waals surface area (Å²) in [5, 5.41) is 4.32. The lowest BCUT2D eigenvalue weighted by Gasteiger charge is -2.41. The van der Waals surface area contributed by atoms with Gasteiger partial charge in [-0.2, -0.15) is 0 Å². The summed E-state index contributed by atoms with van der Waals surface area (Å²) < 4.78 is 16.4. The fourth-order valence-corrected chi connectivity index (χ4v) is 5.37. The van der Waals surface area contributed by atoms with Crippen LogP contribution < -0.4 is 9.47 Å². The molecule has 3 fully saturated rings. The first-order valence-corrected chi connectivity index (χ1v) is 11.9. The second kappa shape index (κ2) is 8.77. The van der Waals surface area contributed by atoms with Gasteiger partial charge in [0.05, 0.1) is 25.3 Å². The van der Waals surface area contributed by atoms with E-state index in [2.05, 4.69) is 15.0 Å². The molecule has 0 unspecified atom stereocenters. The summed E-state index contributed by atoms with van der Waals surface area (Å²) in [6.45, 7) is 3.61. The zero-order valence-electron chi connectivity index (χ0n) is 19.1. The number of ether oxygens (including phenoxy) is 2. The summed E-state index contributed by atoms with van der Waals surface area (Å²) in [6.07, 6.45) is 8.38. The number of carbonyl (C=O) groups is 1. The van der Waals surface area contributed by atoms with Crippen LogP contribution in [0, 0.1) is 0 Å². The molecule has 172 valence electrons. The zero-order valence-corrected chi connectivity index (χ0v) is 19.1. The third kappa shape index (κ3) is 3.87. The van der Waals surface area contributed by atoms with Crippen molar-refractivity contribution in [1.82, 2.24) is 15.0 Å². The molecule has 0 spiro atoms. The quantitative estimate of drug-likeness (QED) is 0.681. The number of methoxy groups -OCH3 is 2. The number of carbonyl (C=O) groups excluding carboxylic acids is 1. The molecule has 1 saturated heterocycles. The molecule has 7 heteroatoms. The number of benzene rings is 1. The van der Waals surface area contributed by atoms with Crippen LogP contribution in [-0.4, -0.2) is 67.3 Å². The molecule has 0 bridgehead atoms. The number of piperazine rings is 1. The van der Waals surface area contributed by atoms with Crippen molar-refractivity contribution in [3.05, 3.63) is 30.0 Å². The Hall–Kier alpha value is -2.54. The Labute approximate surface area is 189 Å². The van der Waals surface area contributed by atoms with E-state index in [9.17, 15) is 4.79 Å². The highest BCUT2D eigenvalue weighted by molar-refractivity contribution is 5.91. The standard InChI is InChI=1S/C25H33N3O4/c1-30-20-9-8-18(16-22(20)31-2)21-17-23(26-32-21)25(10-11-25)24(29)28-14-12-27(13-15-28)19-6-4-3-5-7-19/h8-9,16-17,19H,3-7,10-15H2,1-2H3. The average Bonchev–Trinajstić information content (AvgIpc) is 3.52. The Bertz CT molecular complexity index is 954. The van der Waals surface area contributed by atoms with Gasteiger partial charge in [0.15, 0.2) is 17.3 Å². The largest absolute Gasteiger partial charge is 0.493 e. The number of hydrogen-bond donors (Lipinski definition) is 0. The van der Waals surface area contributed by atoms with Gasteiger partial charge in [-0.25, -0.2) is 0 Å². The molecule has 2 heterocycles. The van der Waals surface area contributed by atoms with Crippen LogP contribution in [0.15, 0.2) is 28.8 Å². The van der Waals surface area contributed by atoms with Crippen LogP contribution in [0.1, 0.15) is 50.6 Å². The minimum Gasteiger partial charge on any atom is -0.493 e. The highest BCUT2D eigenvalue weighted by Crippen LogP contribution is 2.50. The van der Waals surface area contributed by atoms with Crippen molar-refractivity contribution in [1.29, 1.82) is 0 Å². The van der Waals surface area contributed by atoms with E-state index in [1.54, 1.807) is 14.2 Å². The Morgan fingerprint density at radius 2 is 1.72 bits per heavy atom. The number of amides is 1. The average molecular weight is 440 g/mol. The summed E-state index contributed by atoms with van der Waals surface area (Å²) in [7, 11) is 3.22. The van der Waals surface area contributed by atoms with Crippen molar-refractivity contribution >= 4 is 5.91 Å². The van der Waals surface area contributed by atoms with Crippen LogP contribution in [0.2, 0.25) is 0 Å². The molecule has 0 atom stereocenters. The molecule has 2 saturated carbocycles. The van der Waals surface area contributed by atoms with Gasteiger partial charge in [-0.1, -0.05) is 24.4 Å². The Morgan fingerprint density at radius 3 is 2.38 bits per heavy atom. The van der Waals surface area contributed by atoms with Crippen molar-refractivity contribution in [2.24, 2.45) is 0 Å². The fraction of sp³-hybridized carbons (Fsp3) is 0.600. The van der Waals surface area contributed by atoms with Crippen molar-refractivity contribution in [2.75, 3.05) is 40.4 Å². The second-order valence-corrected chi connectivity index (χ2v) is 9.35. The number of hydrogen-bond acceptors (Lipinski definition) is 6.